The minimum atomic E-state index is -1.11. The van der Waals surface area contributed by atoms with E-state index in [1.54, 1.807) is 6.07 Å². The van der Waals surface area contributed by atoms with Crippen molar-refractivity contribution in [1.29, 1.82) is 0 Å². The molecule has 1 aromatic rings. The van der Waals surface area contributed by atoms with E-state index in [9.17, 15) is 9.00 Å². The normalized spacial score (nSPS) is 12.8. The summed E-state index contributed by atoms with van der Waals surface area (Å²) < 4.78 is 12.0. The molecule has 4 heteroatoms. The van der Waals surface area contributed by atoms with Gasteiger partial charge in [0.15, 0.2) is 0 Å². The molecule has 0 spiro atoms. The molecule has 11 heavy (non-hydrogen) atoms. The van der Waals surface area contributed by atoms with Crippen LogP contribution in [-0.4, -0.2) is 15.7 Å². The molecule has 0 amide bonds. The van der Waals surface area contributed by atoms with Crippen molar-refractivity contribution in [3.05, 3.63) is 17.5 Å². The zero-order valence-electron chi connectivity index (χ0n) is 6.07. The first-order chi connectivity index (χ1) is 5.20. The van der Waals surface area contributed by atoms with Crippen LogP contribution < -0.4 is 0 Å². The summed E-state index contributed by atoms with van der Waals surface area (Å²) in [6.07, 6.45) is 0. The van der Waals surface area contributed by atoms with Crippen molar-refractivity contribution in [2.75, 3.05) is 5.75 Å². The van der Waals surface area contributed by atoms with Crippen molar-refractivity contribution < 1.29 is 9.00 Å². The first kappa shape index (κ1) is 8.62. The third-order valence-electron chi connectivity index (χ3n) is 1.05. The summed E-state index contributed by atoms with van der Waals surface area (Å²) in [5, 5.41) is 1.85. The van der Waals surface area contributed by atoms with E-state index in [4.69, 9.17) is 0 Å². The van der Waals surface area contributed by atoms with Crippen LogP contribution in [0.2, 0.25) is 0 Å². The molecular weight excluding hydrogens is 180 g/mol. The van der Waals surface area contributed by atoms with E-state index in [1.807, 2.05) is 11.4 Å². The molecule has 0 aromatic carbocycles. The molecule has 1 aromatic heterocycles. The molecule has 0 saturated heterocycles. The lowest BCUT2D eigenvalue weighted by Crippen LogP contribution is -2.04. The van der Waals surface area contributed by atoms with Crippen LogP contribution in [0.5, 0.6) is 0 Å². The first-order valence-corrected chi connectivity index (χ1v) is 5.31. The van der Waals surface area contributed by atoms with Crippen LogP contribution in [0.25, 0.3) is 0 Å². The van der Waals surface area contributed by atoms with E-state index in [-0.39, 0.29) is 11.5 Å². The minimum Gasteiger partial charge on any atom is -0.299 e. The van der Waals surface area contributed by atoms with Gasteiger partial charge in [-0.3, -0.25) is 9.00 Å². The van der Waals surface area contributed by atoms with Crippen LogP contribution >= 0.6 is 11.3 Å². The number of thiophene rings is 1. The van der Waals surface area contributed by atoms with Crippen LogP contribution in [0.1, 0.15) is 6.92 Å². The second-order valence-corrected chi connectivity index (χ2v) is 4.75. The number of carbonyl (C=O) groups excluding carboxylic acids is 1. The number of carbonyl (C=O) groups is 1. The van der Waals surface area contributed by atoms with Crippen molar-refractivity contribution in [2.45, 2.75) is 11.1 Å². The third-order valence-corrected chi connectivity index (χ3v) is 3.82. The summed E-state index contributed by atoms with van der Waals surface area (Å²) in [7, 11) is -1.11. The van der Waals surface area contributed by atoms with E-state index in [0.717, 1.165) is 4.21 Å². The predicted molar refractivity (Wildman–Crippen MR) is 46.3 cm³/mol. The highest BCUT2D eigenvalue weighted by Crippen LogP contribution is 2.13. The Morgan fingerprint density at radius 2 is 2.45 bits per heavy atom. The Morgan fingerprint density at radius 3 is 2.91 bits per heavy atom. The van der Waals surface area contributed by atoms with Gasteiger partial charge in [-0.25, -0.2) is 0 Å². The Hall–Kier alpha value is -0.480. The summed E-state index contributed by atoms with van der Waals surface area (Å²) in [4.78, 5) is 10.6. The number of hydrogen-bond donors (Lipinski definition) is 0. The van der Waals surface area contributed by atoms with Crippen molar-refractivity contribution in [3.8, 4) is 0 Å². The summed E-state index contributed by atoms with van der Waals surface area (Å²) in [6, 6.07) is 3.61. The molecule has 1 unspecified atom stereocenters. The lowest BCUT2D eigenvalue weighted by molar-refractivity contribution is -0.114. The van der Waals surface area contributed by atoms with Gasteiger partial charge in [-0.2, -0.15) is 0 Å². The summed E-state index contributed by atoms with van der Waals surface area (Å²) in [6.45, 7) is 1.45. The smallest absolute Gasteiger partial charge is 0.142 e. The zero-order chi connectivity index (χ0) is 8.27. The van der Waals surface area contributed by atoms with E-state index in [0.29, 0.717) is 0 Å². The summed E-state index contributed by atoms with van der Waals surface area (Å²) in [5.41, 5.74) is 0. The highest BCUT2D eigenvalue weighted by atomic mass is 32.2. The lowest BCUT2D eigenvalue weighted by atomic mass is 10.5. The molecule has 0 fully saturated rings. The maximum atomic E-state index is 11.2. The van der Waals surface area contributed by atoms with Gasteiger partial charge in [0, 0.05) is 0 Å². The lowest BCUT2D eigenvalue weighted by Gasteiger charge is -1.92. The fraction of sp³-hybridized carbons (Fsp3) is 0.286. The molecule has 0 bridgehead atoms. The molecule has 0 aliphatic carbocycles. The number of rotatable bonds is 3. The standard InChI is InChI=1S/C7H8O2S2/c1-6(8)5-11(9)7-3-2-4-10-7/h2-4H,5H2,1H3. The third kappa shape index (κ3) is 2.55. The van der Waals surface area contributed by atoms with Crippen molar-refractivity contribution in [2.24, 2.45) is 0 Å². The minimum absolute atomic E-state index is 0.0308. The van der Waals surface area contributed by atoms with Gasteiger partial charge < -0.3 is 0 Å². The fourth-order valence-electron chi connectivity index (χ4n) is 0.649. The molecule has 1 atom stereocenters. The monoisotopic (exact) mass is 188 g/mol. The average Bonchev–Trinajstić information content (AvgIpc) is 2.35. The Labute approximate surface area is 71.7 Å². The molecule has 0 N–H and O–H groups in total. The second kappa shape index (κ2) is 3.78. The molecule has 60 valence electrons. The van der Waals surface area contributed by atoms with Gasteiger partial charge in [0.25, 0.3) is 0 Å². The summed E-state index contributed by atoms with van der Waals surface area (Å²) in [5.74, 6) is 0.109. The molecule has 1 rings (SSSR count). The number of ketones is 1. The van der Waals surface area contributed by atoms with Gasteiger partial charge in [0.05, 0.1) is 20.8 Å². The van der Waals surface area contributed by atoms with Crippen LogP contribution in [-0.2, 0) is 15.6 Å². The van der Waals surface area contributed by atoms with E-state index in [1.165, 1.54) is 18.3 Å². The molecule has 0 radical (unpaired) electrons. The highest BCUT2D eigenvalue weighted by molar-refractivity contribution is 7.88. The SMILES string of the molecule is CC(=O)CS(=O)c1cccs1. The van der Waals surface area contributed by atoms with Gasteiger partial charge in [0.1, 0.15) is 5.78 Å². The van der Waals surface area contributed by atoms with Gasteiger partial charge in [0.2, 0.25) is 0 Å². The summed E-state index contributed by atoms with van der Waals surface area (Å²) >= 11 is 1.42. The van der Waals surface area contributed by atoms with Crippen LogP contribution in [0.4, 0.5) is 0 Å². The Kier molecular flexibility index (Phi) is 2.96. The van der Waals surface area contributed by atoms with Crippen LogP contribution in [0.15, 0.2) is 21.7 Å². The van der Waals surface area contributed by atoms with Gasteiger partial charge in [-0.15, -0.1) is 11.3 Å². The first-order valence-electron chi connectivity index (χ1n) is 3.11. The molecule has 2 nitrogen and oxygen atoms in total. The Bertz CT molecular complexity index is 264. The van der Waals surface area contributed by atoms with Crippen molar-refractivity contribution >= 4 is 27.9 Å². The van der Waals surface area contributed by atoms with Crippen molar-refractivity contribution in [3.63, 3.8) is 0 Å². The van der Waals surface area contributed by atoms with Gasteiger partial charge in [-0.1, -0.05) is 6.07 Å². The second-order valence-electron chi connectivity index (χ2n) is 2.12. The van der Waals surface area contributed by atoms with Crippen LogP contribution in [0, 0.1) is 0 Å². The van der Waals surface area contributed by atoms with Gasteiger partial charge in [-0.05, 0) is 18.4 Å². The Balaban J connectivity index is 2.64. The van der Waals surface area contributed by atoms with E-state index in [2.05, 4.69) is 0 Å². The topological polar surface area (TPSA) is 34.1 Å². The Morgan fingerprint density at radius 1 is 1.73 bits per heavy atom. The maximum absolute atomic E-state index is 11.2. The molecule has 1 heterocycles. The average molecular weight is 188 g/mol. The largest absolute Gasteiger partial charge is 0.299 e. The van der Waals surface area contributed by atoms with Gasteiger partial charge >= 0.3 is 0 Å². The predicted octanol–water partition coefficient (Wildman–Crippen LogP) is 1.44. The quantitative estimate of drug-likeness (QED) is 0.719. The highest BCUT2D eigenvalue weighted by Gasteiger charge is 2.06. The van der Waals surface area contributed by atoms with E-state index >= 15 is 0 Å². The van der Waals surface area contributed by atoms with Crippen molar-refractivity contribution in [1.82, 2.24) is 0 Å². The number of hydrogen-bond acceptors (Lipinski definition) is 3. The fourth-order valence-corrected chi connectivity index (χ4v) is 2.61. The molecule has 0 aliphatic rings. The molecule has 0 saturated carbocycles. The zero-order valence-corrected chi connectivity index (χ0v) is 7.71. The molecule has 0 aliphatic heterocycles. The number of Topliss-reactive ketones (excluding diaryl/α,β-unsaturated/α-hetero) is 1. The maximum Gasteiger partial charge on any atom is 0.142 e. The van der Waals surface area contributed by atoms with E-state index < -0.39 is 10.8 Å². The van der Waals surface area contributed by atoms with Crippen LogP contribution in [0.3, 0.4) is 0 Å². The molecular formula is C7H8O2S2.